The molecule has 1 aliphatic carbocycles. The molecule has 3 nitrogen and oxygen atoms in total. The summed E-state index contributed by atoms with van der Waals surface area (Å²) in [6.07, 6.45) is 5.40. The zero-order chi connectivity index (χ0) is 13.9. The molecular formula is C16H33N3. The molecule has 0 aromatic rings. The van der Waals surface area contributed by atoms with Gasteiger partial charge in [0.1, 0.15) is 0 Å². The van der Waals surface area contributed by atoms with Crippen LogP contribution in [0.15, 0.2) is 0 Å². The summed E-state index contributed by atoms with van der Waals surface area (Å²) in [5.41, 5.74) is 6.49. The summed E-state index contributed by atoms with van der Waals surface area (Å²) in [7, 11) is 0. The number of likely N-dealkylation sites (N-methyl/N-ethyl adjacent to an activating group) is 1. The number of piperidine rings is 1. The van der Waals surface area contributed by atoms with Gasteiger partial charge in [-0.05, 0) is 57.2 Å². The van der Waals surface area contributed by atoms with Crippen molar-refractivity contribution in [1.29, 1.82) is 0 Å². The molecule has 0 bridgehead atoms. The molecule has 0 unspecified atom stereocenters. The average Bonchev–Trinajstić information content (AvgIpc) is 3.21. The molecule has 0 radical (unpaired) electrons. The number of nitrogens with two attached hydrogens (primary N) is 1. The number of rotatable bonds is 7. The summed E-state index contributed by atoms with van der Waals surface area (Å²) < 4.78 is 0. The molecule has 2 rings (SSSR count). The molecule has 0 amide bonds. The standard InChI is InChI=1S/C16H33N3/c1-4-19(12-15-5-6-15)16(13-17)7-9-18(10-8-16)11-14(2)3/h14-15H,4-13,17H2,1-3H3. The lowest BCUT2D eigenvalue weighted by atomic mass is 9.85. The van der Waals surface area contributed by atoms with Crippen LogP contribution >= 0.6 is 0 Å². The number of hydrogen-bond acceptors (Lipinski definition) is 3. The van der Waals surface area contributed by atoms with Gasteiger partial charge in [-0.3, -0.25) is 4.90 Å². The summed E-state index contributed by atoms with van der Waals surface area (Å²) in [6, 6.07) is 0. The Bertz CT molecular complexity index is 265. The van der Waals surface area contributed by atoms with E-state index in [-0.39, 0.29) is 0 Å². The van der Waals surface area contributed by atoms with Crippen LogP contribution < -0.4 is 5.73 Å². The molecule has 0 aromatic heterocycles. The van der Waals surface area contributed by atoms with E-state index in [0.717, 1.165) is 24.9 Å². The summed E-state index contributed by atoms with van der Waals surface area (Å²) >= 11 is 0. The van der Waals surface area contributed by atoms with Crippen LogP contribution in [0.25, 0.3) is 0 Å². The molecule has 0 atom stereocenters. The molecular weight excluding hydrogens is 234 g/mol. The normalized spacial score (nSPS) is 24.3. The maximum atomic E-state index is 6.20. The highest BCUT2D eigenvalue weighted by Gasteiger charge is 2.40. The number of nitrogens with zero attached hydrogens (tertiary/aromatic N) is 2. The predicted molar refractivity (Wildman–Crippen MR) is 82.3 cm³/mol. The summed E-state index contributed by atoms with van der Waals surface area (Å²) in [5.74, 6) is 1.75. The topological polar surface area (TPSA) is 32.5 Å². The fourth-order valence-corrected chi connectivity index (χ4v) is 3.59. The Morgan fingerprint density at radius 3 is 2.32 bits per heavy atom. The minimum Gasteiger partial charge on any atom is -0.329 e. The molecule has 1 saturated heterocycles. The summed E-state index contributed by atoms with van der Waals surface area (Å²) in [5, 5.41) is 0. The van der Waals surface area contributed by atoms with Crippen LogP contribution in [0.3, 0.4) is 0 Å². The van der Waals surface area contributed by atoms with E-state index in [1.54, 1.807) is 0 Å². The lowest BCUT2D eigenvalue weighted by Crippen LogP contribution is -2.60. The molecule has 2 fully saturated rings. The summed E-state index contributed by atoms with van der Waals surface area (Å²) in [6.45, 7) is 13.9. The lowest BCUT2D eigenvalue weighted by molar-refractivity contribution is 0.0239. The minimum absolute atomic E-state index is 0.296. The molecule has 2 N–H and O–H groups in total. The van der Waals surface area contributed by atoms with Gasteiger partial charge in [-0.15, -0.1) is 0 Å². The maximum absolute atomic E-state index is 6.20. The van der Waals surface area contributed by atoms with Gasteiger partial charge in [-0.25, -0.2) is 0 Å². The van der Waals surface area contributed by atoms with Gasteiger partial charge < -0.3 is 10.6 Å². The van der Waals surface area contributed by atoms with Gasteiger partial charge in [-0.2, -0.15) is 0 Å². The van der Waals surface area contributed by atoms with Gasteiger partial charge in [-0.1, -0.05) is 20.8 Å². The third-order valence-electron chi connectivity index (χ3n) is 5.02. The number of hydrogen-bond donors (Lipinski definition) is 1. The third kappa shape index (κ3) is 3.93. The van der Waals surface area contributed by atoms with Gasteiger partial charge in [0.2, 0.25) is 0 Å². The van der Waals surface area contributed by atoms with Crippen molar-refractivity contribution in [1.82, 2.24) is 9.80 Å². The maximum Gasteiger partial charge on any atom is 0.0356 e. The first-order valence-electron chi connectivity index (χ1n) is 8.27. The molecule has 0 spiro atoms. The molecule has 1 heterocycles. The van der Waals surface area contributed by atoms with E-state index in [9.17, 15) is 0 Å². The molecule has 1 saturated carbocycles. The van der Waals surface area contributed by atoms with Gasteiger partial charge in [0.25, 0.3) is 0 Å². The van der Waals surface area contributed by atoms with E-state index in [1.807, 2.05) is 0 Å². The Balaban J connectivity index is 1.91. The molecule has 1 aliphatic heterocycles. The summed E-state index contributed by atoms with van der Waals surface area (Å²) in [4.78, 5) is 5.33. The van der Waals surface area contributed by atoms with E-state index in [2.05, 4.69) is 30.6 Å². The highest BCUT2D eigenvalue weighted by Crippen LogP contribution is 2.35. The zero-order valence-corrected chi connectivity index (χ0v) is 13.2. The van der Waals surface area contributed by atoms with E-state index >= 15 is 0 Å². The monoisotopic (exact) mass is 267 g/mol. The number of likely N-dealkylation sites (tertiary alicyclic amines) is 1. The van der Waals surface area contributed by atoms with Crippen LogP contribution in [0.4, 0.5) is 0 Å². The SMILES string of the molecule is CCN(CC1CC1)C1(CN)CCN(CC(C)C)CC1. The van der Waals surface area contributed by atoms with Crippen LogP contribution in [-0.4, -0.2) is 54.6 Å². The van der Waals surface area contributed by atoms with Gasteiger partial charge in [0.15, 0.2) is 0 Å². The predicted octanol–water partition coefficient (Wildman–Crippen LogP) is 2.17. The molecule has 0 aromatic carbocycles. The Kier molecular flexibility index (Phi) is 5.27. The van der Waals surface area contributed by atoms with E-state index in [4.69, 9.17) is 5.73 Å². The van der Waals surface area contributed by atoms with Crippen LogP contribution in [0.5, 0.6) is 0 Å². The first-order valence-corrected chi connectivity index (χ1v) is 8.27. The quantitative estimate of drug-likeness (QED) is 0.767. The fraction of sp³-hybridized carbons (Fsp3) is 1.00. The van der Waals surface area contributed by atoms with Crippen LogP contribution in [0.2, 0.25) is 0 Å². The second-order valence-electron chi connectivity index (χ2n) is 7.10. The second-order valence-corrected chi connectivity index (χ2v) is 7.10. The van der Waals surface area contributed by atoms with Crippen molar-refractivity contribution < 1.29 is 0 Å². The van der Waals surface area contributed by atoms with Gasteiger partial charge in [0, 0.05) is 25.2 Å². The zero-order valence-electron chi connectivity index (χ0n) is 13.2. The van der Waals surface area contributed by atoms with Crippen molar-refractivity contribution in [2.24, 2.45) is 17.6 Å². The molecule has 2 aliphatic rings. The highest BCUT2D eigenvalue weighted by molar-refractivity contribution is 4.97. The average molecular weight is 267 g/mol. The van der Waals surface area contributed by atoms with E-state index in [1.165, 1.54) is 51.9 Å². The van der Waals surface area contributed by atoms with Gasteiger partial charge in [0.05, 0.1) is 0 Å². The van der Waals surface area contributed by atoms with E-state index in [0.29, 0.717) is 5.54 Å². The van der Waals surface area contributed by atoms with Crippen molar-refractivity contribution in [3.8, 4) is 0 Å². The first-order chi connectivity index (χ1) is 9.09. The smallest absolute Gasteiger partial charge is 0.0356 e. The van der Waals surface area contributed by atoms with Crippen molar-refractivity contribution in [2.45, 2.75) is 52.0 Å². The second kappa shape index (κ2) is 6.55. The third-order valence-corrected chi connectivity index (χ3v) is 5.02. The first kappa shape index (κ1) is 15.3. The van der Waals surface area contributed by atoms with Crippen LogP contribution in [-0.2, 0) is 0 Å². The largest absolute Gasteiger partial charge is 0.329 e. The minimum atomic E-state index is 0.296. The highest BCUT2D eigenvalue weighted by atomic mass is 15.2. The molecule has 112 valence electrons. The van der Waals surface area contributed by atoms with Crippen molar-refractivity contribution in [3.63, 3.8) is 0 Å². The van der Waals surface area contributed by atoms with Crippen molar-refractivity contribution in [2.75, 3.05) is 39.3 Å². The van der Waals surface area contributed by atoms with Crippen molar-refractivity contribution >= 4 is 0 Å². The molecule has 3 heteroatoms. The van der Waals surface area contributed by atoms with E-state index < -0.39 is 0 Å². The fourth-order valence-electron chi connectivity index (χ4n) is 3.59. The Morgan fingerprint density at radius 2 is 1.89 bits per heavy atom. The lowest BCUT2D eigenvalue weighted by Gasteiger charge is -2.48. The molecule has 19 heavy (non-hydrogen) atoms. The van der Waals surface area contributed by atoms with Crippen molar-refractivity contribution in [3.05, 3.63) is 0 Å². The Hall–Kier alpha value is -0.120. The Labute approximate surface area is 119 Å². The van der Waals surface area contributed by atoms with Crippen LogP contribution in [0.1, 0.15) is 46.5 Å². The Morgan fingerprint density at radius 1 is 1.26 bits per heavy atom. The van der Waals surface area contributed by atoms with Gasteiger partial charge >= 0.3 is 0 Å². The van der Waals surface area contributed by atoms with Crippen LogP contribution in [0, 0.1) is 11.8 Å².